The van der Waals surface area contributed by atoms with Crippen molar-refractivity contribution < 1.29 is 9.84 Å². The zero-order chi connectivity index (χ0) is 14.8. The van der Waals surface area contributed by atoms with Crippen LogP contribution in [-0.2, 0) is 5.54 Å². The van der Waals surface area contributed by atoms with Crippen molar-refractivity contribution in [1.29, 1.82) is 0 Å². The first-order valence-electron chi connectivity index (χ1n) is 7.48. The molecule has 1 N–H and O–H groups in total. The normalized spacial score (nSPS) is 21.5. The lowest BCUT2D eigenvalue weighted by Crippen LogP contribution is -2.58. The minimum atomic E-state index is -0.663. The summed E-state index contributed by atoms with van der Waals surface area (Å²) >= 11 is 0. The Hall–Kier alpha value is -1.06. The second-order valence-corrected chi connectivity index (χ2v) is 6.29. The Kier molecular flexibility index (Phi) is 4.40. The summed E-state index contributed by atoms with van der Waals surface area (Å²) in [6, 6.07) is 8.10. The minimum Gasteiger partial charge on any atom is -0.497 e. The first-order chi connectivity index (χ1) is 9.44. The Labute approximate surface area is 122 Å². The maximum atomic E-state index is 11.3. The van der Waals surface area contributed by atoms with Gasteiger partial charge in [0.15, 0.2) is 0 Å². The third-order valence-corrected chi connectivity index (χ3v) is 5.13. The predicted octanol–water partition coefficient (Wildman–Crippen LogP) is 3.17. The minimum absolute atomic E-state index is 0.375. The van der Waals surface area contributed by atoms with E-state index in [0.29, 0.717) is 0 Å². The summed E-state index contributed by atoms with van der Waals surface area (Å²) in [6.07, 6.45) is 5.18. The van der Waals surface area contributed by atoms with Gasteiger partial charge in [0.05, 0.1) is 18.2 Å². The summed E-state index contributed by atoms with van der Waals surface area (Å²) < 4.78 is 5.24. The van der Waals surface area contributed by atoms with Crippen molar-refractivity contribution in [2.24, 2.45) is 0 Å². The lowest BCUT2D eigenvalue weighted by molar-refractivity contribution is -0.117. The zero-order valence-corrected chi connectivity index (χ0v) is 13.1. The molecule has 1 aromatic carbocycles. The van der Waals surface area contributed by atoms with Crippen molar-refractivity contribution in [2.75, 3.05) is 21.2 Å². The number of hydrogen-bond acceptors (Lipinski definition) is 3. The molecule has 1 fully saturated rings. The molecule has 0 bridgehead atoms. The fraction of sp³-hybridized carbons (Fsp3) is 0.647. The summed E-state index contributed by atoms with van der Waals surface area (Å²) in [5.41, 5.74) is 0.107. The number of methoxy groups -OCH3 is 1. The fourth-order valence-corrected chi connectivity index (χ4v) is 3.48. The smallest absolute Gasteiger partial charge is 0.118 e. The van der Waals surface area contributed by atoms with Crippen molar-refractivity contribution in [1.82, 2.24) is 4.90 Å². The molecule has 0 aliphatic heterocycles. The van der Waals surface area contributed by atoms with Gasteiger partial charge in [0, 0.05) is 0 Å². The molecule has 1 unspecified atom stereocenters. The maximum Gasteiger partial charge on any atom is 0.118 e. The van der Waals surface area contributed by atoms with Crippen LogP contribution in [0.4, 0.5) is 0 Å². The zero-order valence-electron chi connectivity index (χ0n) is 13.1. The van der Waals surface area contributed by atoms with Gasteiger partial charge in [-0.05, 0) is 51.6 Å². The molecule has 1 aromatic rings. The Morgan fingerprint density at radius 2 is 1.65 bits per heavy atom. The summed E-state index contributed by atoms with van der Waals surface area (Å²) in [7, 11) is 5.78. The van der Waals surface area contributed by atoms with Gasteiger partial charge in [-0.2, -0.15) is 0 Å². The lowest BCUT2D eigenvalue weighted by Gasteiger charge is -2.51. The molecule has 1 atom stereocenters. The van der Waals surface area contributed by atoms with Crippen LogP contribution in [0.1, 0.15) is 44.6 Å². The topological polar surface area (TPSA) is 32.7 Å². The molecule has 0 amide bonds. The number of aliphatic hydroxyl groups is 1. The van der Waals surface area contributed by atoms with Crippen molar-refractivity contribution in [3.63, 3.8) is 0 Å². The van der Waals surface area contributed by atoms with E-state index in [0.717, 1.165) is 37.0 Å². The van der Waals surface area contributed by atoms with Crippen molar-refractivity contribution in [2.45, 2.75) is 50.2 Å². The quantitative estimate of drug-likeness (QED) is 0.917. The van der Waals surface area contributed by atoms with E-state index < -0.39 is 5.60 Å². The average Bonchev–Trinajstić information content (AvgIpc) is 2.47. The number of rotatable bonds is 4. The van der Waals surface area contributed by atoms with Gasteiger partial charge in [0.25, 0.3) is 0 Å². The van der Waals surface area contributed by atoms with E-state index in [9.17, 15) is 5.11 Å². The third-order valence-electron chi connectivity index (χ3n) is 5.13. The Bertz CT molecular complexity index is 435. The van der Waals surface area contributed by atoms with Gasteiger partial charge >= 0.3 is 0 Å². The van der Waals surface area contributed by atoms with Crippen LogP contribution in [-0.4, -0.2) is 36.8 Å². The predicted molar refractivity (Wildman–Crippen MR) is 82.1 cm³/mol. The molecule has 0 heterocycles. The van der Waals surface area contributed by atoms with Gasteiger partial charge in [-0.3, -0.25) is 4.90 Å². The Morgan fingerprint density at radius 1 is 1.10 bits per heavy atom. The molecule has 0 radical (unpaired) electrons. The van der Waals surface area contributed by atoms with Crippen LogP contribution < -0.4 is 4.74 Å². The molecular formula is C17H27NO2. The van der Waals surface area contributed by atoms with Crippen LogP contribution in [0.25, 0.3) is 0 Å². The van der Waals surface area contributed by atoms with E-state index in [-0.39, 0.29) is 5.54 Å². The van der Waals surface area contributed by atoms with Crippen LogP contribution in [0, 0.1) is 0 Å². The van der Waals surface area contributed by atoms with E-state index in [1.807, 2.05) is 12.1 Å². The van der Waals surface area contributed by atoms with E-state index in [1.165, 1.54) is 6.42 Å². The highest BCUT2D eigenvalue weighted by atomic mass is 16.5. The van der Waals surface area contributed by atoms with Gasteiger partial charge in [0.1, 0.15) is 5.75 Å². The first kappa shape index (κ1) is 15.3. The number of benzene rings is 1. The van der Waals surface area contributed by atoms with E-state index in [4.69, 9.17) is 4.74 Å². The van der Waals surface area contributed by atoms with Crippen LogP contribution in [0.15, 0.2) is 24.3 Å². The molecule has 1 saturated carbocycles. The SMILES string of the molecule is COc1ccc(C(C)(N(C)C)C2(O)CCCCC2)cc1. The van der Waals surface area contributed by atoms with E-state index >= 15 is 0 Å². The van der Waals surface area contributed by atoms with Crippen molar-refractivity contribution in [3.05, 3.63) is 29.8 Å². The summed E-state index contributed by atoms with van der Waals surface area (Å²) in [5.74, 6) is 0.852. The number of nitrogens with zero attached hydrogens (tertiary/aromatic N) is 1. The van der Waals surface area contributed by atoms with Crippen LogP contribution >= 0.6 is 0 Å². The first-order valence-corrected chi connectivity index (χ1v) is 7.48. The number of hydrogen-bond donors (Lipinski definition) is 1. The molecule has 3 heteroatoms. The van der Waals surface area contributed by atoms with E-state index in [1.54, 1.807) is 7.11 Å². The highest BCUT2D eigenvalue weighted by molar-refractivity contribution is 5.34. The van der Waals surface area contributed by atoms with Gasteiger partial charge in [-0.25, -0.2) is 0 Å². The average molecular weight is 277 g/mol. The monoisotopic (exact) mass is 277 g/mol. The summed E-state index contributed by atoms with van der Waals surface area (Å²) in [6.45, 7) is 2.15. The molecule has 3 nitrogen and oxygen atoms in total. The van der Waals surface area contributed by atoms with E-state index in [2.05, 4.69) is 38.1 Å². The second kappa shape index (κ2) is 5.74. The molecular weight excluding hydrogens is 250 g/mol. The van der Waals surface area contributed by atoms with Gasteiger partial charge < -0.3 is 9.84 Å². The molecule has 0 saturated heterocycles. The van der Waals surface area contributed by atoms with Crippen LogP contribution in [0.5, 0.6) is 5.75 Å². The number of ether oxygens (including phenoxy) is 1. The highest BCUT2D eigenvalue weighted by Crippen LogP contribution is 2.45. The van der Waals surface area contributed by atoms with Gasteiger partial charge in [-0.1, -0.05) is 31.4 Å². The molecule has 0 spiro atoms. The molecule has 1 aliphatic rings. The molecule has 112 valence electrons. The van der Waals surface area contributed by atoms with Crippen molar-refractivity contribution >= 4 is 0 Å². The molecule has 0 aromatic heterocycles. The maximum absolute atomic E-state index is 11.3. The summed E-state index contributed by atoms with van der Waals surface area (Å²) in [4.78, 5) is 2.15. The lowest BCUT2D eigenvalue weighted by atomic mass is 9.67. The van der Waals surface area contributed by atoms with Crippen LogP contribution in [0.2, 0.25) is 0 Å². The largest absolute Gasteiger partial charge is 0.497 e. The summed E-state index contributed by atoms with van der Waals surface area (Å²) in [5, 5.41) is 11.3. The van der Waals surface area contributed by atoms with Crippen molar-refractivity contribution in [3.8, 4) is 5.75 Å². The highest BCUT2D eigenvalue weighted by Gasteiger charge is 2.49. The molecule has 1 aliphatic carbocycles. The standard InChI is InChI=1S/C17H27NO2/c1-16(18(2)3,17(19)12-6-5-7-13-17)14-8-10-15(20-4)11-9-14/h8-11,19H,5-7,12-13H2,1-4H3. The van der Waals surface area contributed by atoms with Gasteiger partial charge in [-0.15, -0.1) is 0 Å². The molecule has 20 heavy (non-hydrogen) atoms. The fourth-order valence-electron chi connectivity index (χ4n) is 3.48. The van der Waals surface area contributed by atoms with Gasteiger partial charge in [0.2, 0.25) is 0 Å². The molecule has 2 rings (SSSR count). The van der Waals surface area contributed by atoms with Crippen LogP contribution in [0.3, 0.4) is 0 Å². The third kappa shape index (κ3) is 2.45. The Balaban J connectivity index is 2.42. The Morgan fingerprint density at radius 3 is 2.10 bits per heavy atom. The second-order valence-electron chi connectivity index (χ2n) is 6.29. The number of likely N-dealkylation sites (N-methyl/N-ethyl adjacent to an activating group) is 1.